The minimum absolute atomic E-state index is 0.0154. The Labute approximate surface area is 417 Å². The molecule has 6 unspecified atom stereocenters. The second kappa shape index (κ2) is 45.3. The van der Waals surface area contributed by atoms with E-state index in [2.05, 4.69) is 75.5 Å². The van der Waals surface area contributed by atoms with Crippen molar-refractivity contribution < 1.29 is 58.2 Å². The number of hydrogen-bond donors (Lipinski definition) is 3. The van der Waals surface area contributed by atoms with Crippen LogP contribution >= 0.6 is 0 Å². The zero-order valence-electron chi connectivity index (χ0n) is 43.0. The number of carbonyl (C=O) groups excluding carboxylic acids is 3. The van der Waals surface area contributed by atoms with Crippen LogP contribution in [0.2, 0.25) is 0 Å². The minimum atomic E-state index is -1.91. The fraction of sp³-hybridized carbons (Fsp3) is 0.719. The highest BCUT2D eigenvalue weighted by Gasteiger charge is 2.50. The summed E-state index contributed by atoms with van der Waals surface area (Å²) in [5, 5.41) is 31.3. The van der Waals surface area contributed by atoms with Crippen molar-refractivity contribution in [3.63, 3.8) is 0 Å². The van der Waals surface area contributed by atoms with Gasteiger partial charge >= 0.3 is 23.9 Å². The van der Waals surface area contributed by atoms with Gasteiger partial charge in [-0.2, -0.15) is 0 Å². The molecule has 69 heavy (non-hydrogen) atoms. The largest absolute Gasteiger partial charge is 0.479 e. The van der Waals surface area contributed by atoms with Crippen LogP contribution in [0.25, 0.3) is 0 Å². The first kappa shape index (κ1) is 63.2. The van der Waals surface area contributed by atoms with Crippen molar-refractivity contribution >= 4 is 23.9 Å². The van der Waals surface area contributed by atoms with Crippen LogP contribution in [-0.4, -0.2) is 89.2 Å². The summed E-state index contributed by atoms with van der Waals surface area (Å²) in [5.41, 5.74) is 0. The summed E-state index contributed by atoms with van der Waals surface area (Å²) in [6, 6.07) is 0. The van der Waals surface area contributed by atoms with Gasteiger partial charge in [-0.15, -0.1) is 0 Å². The normalized spacial score (nSPS) is 19.2. The van der Waals surface area contributed by atoms with Crippen molar-refractivity contribution in [1.82, 2.24) is 0 Å². The Morgan fingerprint density at radius 1 is 0.507 bits per heavy atom. The second-order valence-electron chi connectivity index (χ2n) is 18.2. The molecular weight excluding hydrogens is 877 g/mol. The molecule has 394 valence electrons. The molecule has 12 nitrogen and oxygen atoms in total. The van der Waals surface area contributed by atoms with E-state index >= 15 is 0 Å². The summed E-state index contributed by atoms with van der Waals surface area (Å²) in [6.07, 6.45) is 43.4. The molecule has 0 aliphatic carbocycles. The molecule has 0 bridgehead atoms. The average molecular weight is 971 g/mol. The highest BCUT2D eigenvalue weighted by atomic mass is 16.7. The van der Waals surface area contributed by atoms with Gasteiger partial charge in [0.1, 0.15) is 18.8 Å². The maximum absolute atomic E-state index is 13.1. The summed E-state index contributed by atoms with van der Waals surface area (Å²) in [6.45, 7) is 5.73. The Morgan fingerprint density at radius 3 is 1.46 bits per heavy atom. The topological polar surface area (TPSA) is 175 Å². The lowest BCUT2D eigenvalue weighted by Gasteiger charge is -2.40. The van der Waals surface area contributed by atoms with Gasteiger partial charge in [0.15, 0.2) is 24.6 Å². The van der Waals surface area contributed by atoms with Crippen molar-refractivity contribution in [1.29, 1.82) is 0 Å². The smallest absolute Gasteiger partial charge is 0.335 e. The first-order valence-electron chi connectivity index (χ1n) is 26.9. The molecule has 1 fully saturated rings. The summed E-state index contributed by atoms with van der Waals surface area (Å²) in [5.74, 6) is -3.30. The highest BCUT2D eigenvalue weighted by Crippen LogP contribution is 2.26. The molecule has 3 N–H and O–H groups in total. The first-order valence-corrected chi connectivity index (χ1v) is 26.9. The van der Waals surface area contributed by atoms with Crippen LogP contribution in [0.1, 0.15) is 213 Å². The quantitative estimate of drug-likeness (QED) is 0.0228. The second-order valence-corrected chi connectivity index (χ2v) is 18.2. The molecule has 0 aromatic rings. The molecule has 0 aromatic heterocycles. The Bertz CT molecular complexity index is 1480. The molecular formula is C57H94O12. The van der Waals surface area contributed by atoms with E-state index in [-0.39, 0.29) is 25.9 Å². The lowest BCUT2D eigenvalue weighted by atomic mass is 9.98. The molecule has 1 aliphatic rings. The number of hydrogen-bond acceptors (Lipinski definition) is 11. The maximum Gasteiger partial charge on any atom is 0.335 e. The number of esters is 3. The number of rotatable bonds is 44. The lowest BCUT2D eigenvalue weighted by Crippen LogP contribution is -2.61. The number of carbonyl (C=O) groups is 4. The zero-order valence-corrected chi connectivity index (χ0v) is 43.0. The zero-order chi connectivity index (χ0) is 50.4. The molecule has 12 heteroatoms. The Hall–Kier alpha value is -3.84. The maximum atomic E-state index is 13.1. The standard InChI is InChI=1S/C57H94O12/c1-4-7-10-13-16-19-22-24-25-27-29-31-34-37-40-43-49(58)65-46-48(67-50(59)44-41-38-35-32-28-21-18-15-12-9-6-3)47-66-57-55(53(62)52(61)54(69-57)56(63)64)68-51(60)45-42-39-36-33-30-26-23-20-17-14-11-8-5-2/h7,10,16,19-20,23-25,29,31,37,40,48,52-55,57,61-62H,4-6,8-9,11-15,17-18,21-22,26-28,30,32-36,38-39,41-47H2,1-3H3,(H,63,64)/b10-7-,19-16-,23-20-,25-24-,31-29-,40-37-. The van der Waals surface area contributed by atoms with Gasteiger partial charge in [-0.05, 0) is 70.6 Å². The van der Waals surface area contributed by atoms with Gasteiger partial charge in [-0.25, -0.2) is 4.79 Å². The summed E-state index contributed by atoms with van der Waals surface area (Å²) in [7, 11) is 0. The number of allylic oxidation sites excluding steroid dienone is 11. The number of ether oxygens (including phenoxy) is 5. The van der Waals surface area contributed by atoms with E-state index in [1.54, 1.807) is 6.08 Å². The van der Waals surface area contributed by atoms with Crippen molar-refractivity contribution in [3.8, 4) is 0 Å². The molecule has 0 radical (unpaired) electrons. The van der Waals surface area contributed by atoms with Gasteiger partial charge < -0.3 is 39.0 Å². The molecule has 1 saturated heterocycles. The molecule has 1 rings (SSSR count). The predicted octanol–water partition coefficient (Wildman–Crippen LogP) is 13.0. The average Bonchev–Trinajstić information content (AvgIpc) is 3.33. The van der Waals surface area contributed by atoms with Crippen molar-refractivity contribution in [2.24, 2.45) is 0 Å². The van der Waals surface area contributed by atoms with Crippen LogP contribution in [0.3, 0.4) is 0 Å². The Balaban J connectivity index is 2.78. The van der Waals surface area contributed by atoms with Crippen molar-refractivity contribution in [2.45, 2.75) is 250 Å². The minimum Gasteiger partial charge on any atom is -0.479 e. The van der Waals surface area contributed by atoms with Crippen LogP contribution in [-0.2, 0) is 42.9 Å². The van der Waals surface area contributed by atoms with E-state index in [0.29, 0.717) is 19.3 Å². The van der Waals surface area contributed by atoms with Crippen LogP contribution in [0.4, 0.5) is 0 Å². The van der Waals surface area contributed by atoms with Crippen molar-refractivity contribution in [2.75, 3.05) is 13.2 Å². The number of carboxylic acid groups (broad SMARTS) is 1. The predicted molar refractivity (Wildman–Crippen MR) is 275 cm³/mol. The van der Waals surface area contributed by atoms with Crippen LogP contribution in [0, 0.1) is 0 Å². The Kier molecular flexibility index (Phi) is 41.5. The fourth-order valence-corrected chi connectivity index (χ4v) is 7.67. The monoisotopic (exact) mass is 971 g/mol. The van der Waals surface area contributed by atoms with Gasteiger partial charge in [-0.1, -0.05) is 196 Å². The third-order valence-electron chi connectivity index (χ3n) is 11.8. The molecule has 0 spiro atoms. The fourth-order valence-electron chi connectivity index (χ4n) is 7.67. The SMILES string of the molecule is CC/C=C\C/C=C\C/C=C\C/C=C\C/C=C\CC(=O)OCC(COC1OC(C(=O)O)C(O)C(O)C1OC(=O)CCCCCCC/C=C\CCCCCC)OC(=O)CCCCCCCCCCCCC. The van der Waals surface area contributed by atoms with Crippen molar-refractivity contribution in [3.05, 3.63) is 72.9 Å². The highest BCUT2D eigenvalue weighted by molar-refractivity contribution is 5.74. The molecule has 1 aliphatic heterocycles. The molecule has 0 amide bonds. The number of aliphatic hydroxyl groups excluding tert-OH is 2. The first-order chi connectivity index (χ1) is 33.6. The van der Waals surface area contributed by atoms with Gasteiger partial charge in [0.25, 0.3) is 0 Å². The van der Waals surface area contributed by atoms with E-state index < -0.39 is 67.3 Å². The van der Waals surface area contributed by atoms with Crippen LogP contribution < -0.4 is 0 Å². The van der Waals surface area contributed by atoms with E-state index in [1.807, 2.05) is 12.2 Å². The Morgan fingerprint density at radius 2 is 0.957 bits per heavy atom. The van der Waals surface area contributed by atoms with Gasteiger partial charge in [0, 0.05) is 12.8 Å². The van der Waals surface area contributed by atoms with E-state index in [4.69, 9.17) is 23.7 Å². The van der Waals surface area contributed by atoms with E-state index in [1.165, 1.54) is 70.6 Å². The molecule has 1 heterocycles. The lowest BCUT2D eigenvalue weighted by molar-refractivity contribution is -0.301. The van der Waals surface area contributed by atoms with E-state index in [0.717, 1.165) is 83.5 Å². The van der Waals surface area contributed by atoms with Gasteiger partial charge in [0.2, 0.25) is 0 Å². The third kappa shape index (κ3) is 35.8. The van der Waals surface area contributed by atoms with E-state index in [9.17, 15) is 34.5 Å². The molecule has 6 atom stereocenters. The number of aliphatic hydroxyl groups is 2. The number of unbranched alkanes of at least 4 members (excludes halogenated alkanes) is 19. The summed E-state index contributed by atoms with van der Waals surface area (Å²) in [4.78, 5) is 50.8. The summed E-state index contributed by atoms with van der Waals surface area (Å²) >= 11 is 0. The number of carboxylic acids is 1. The van der Waals surface area contributed by atoms with Gasteiger partial charge in [0.05, 0.1) is 13.0 Å². The number of aliphatic carboxylic acids is 1. The third-order valence-corrected chi connectivity index (χ3v) is 11.8. The van der Waals surface area contributed by atoms with Gasteiger partial charge in [-0.3, -0.25) is 14.4 Å². The van der Waals surface area contributed by atoms with Crippen LogP contribution in [0.5, 0.6) is 0 Å². The van der Waals surface area contributed by atoms with Crippen LogP contribution in [0.15, 0.2) is 72.9 Å². The molecule has 0 saturated carbocycles. The summed E-state index contributed by atoms with van der Waals surface area (Å²) < 4.78 is 28.2. The molecule has 0 aromatic carbocycles.